The first-order valence-electron chi connectivity index (χ1n) is 11.1. The van der Waals surface area contributed by atoms with Crippen LogP contribution in [0.2, 0.25) is 0 Å². The van der Waals surface area contributed by atoms with Gasteiger partial charge in [0.05, 0.1) is 39.1 Å². The summed E-state index contributed by atoms with van der Waals surface area (Å²) in [5.41, 5.74) is 1.12. The second kappa shape index (κ2) is 12.1. The fourth-order valence-electron chi connectivity index (χ4n) is 3.87. The zero-order chi connectivity index (χ0) is 21.2. The number of ether oxygens (including phenoxy) is 3. The first kappa shape index (κ1) is 22.8. The van der Waals surface area contributed by atoms with Crippen LogP contribution in [0.5, 0.6) is 0 Å². The molecule has 0 aromatic carbocycles. The van der Waals surface area contributed by atoms with Gasteiger partial charge < -0.3 is 29.3 Å². The normalized spacial score (nSPS) is 22.6. The molecule has 0 spiro atoms. The fourth-order valence-corrected chi connectivity index (χ4v) is 3.87. The van der Waals surface area contributed by atoms with Crippen molar-refractivity contribution in [2.24, 2.45) is 10.9 Å². The van der Waals surface area contributed by atoms with Gasteiger partial charge in [-0.1, -0.05) is 6.07 Å². The summed E-state index contributed by atoms with van der Waals surface area (Å²) in [6, 6.07) is 4.23. The van der Waals surface area contributed by atoms with Crippen LogP contribution in [0.25, 0.3) is 0 Å². The maximum Gasteiger partial charge on any atom is 0.194 e. The number of morpholine rings is 1. The van der Waals surface area contributed by atoms with Gasteiger partial charge in [-0.2, -0.15) is 0 Å². The monoisotopic (exact) mass is 419 g/mol. The van der Waals surface area contributed by atoms with E-state index in [1.807, 2.05) is 6.20 Å². The number of pyridine rings is 1. The molecule has 2 atom stereocenters. The molecule has 30 heavy (non-hydrogen) atoms. The summed E-state index contributed by atoms with van der Waals surface area (Å²) in [5.74, 6) is 2.53. The van der Waals surface area contributed by atoms with Gasteiger partial charge in [0.15, 0.2) is 5.96 Å². The first-order valence-corrected chi connectivity index (χ1v) is 11.1. The quantitative estimate of drug-likeness (QED) is 0.371. The Labute approximate surface area is 180 Å². The Bertz CT molecular complexity index is 655. The lowest BCUT2D eigenvalue weighted by Crippen LogP contribution is -2.41. The van der Waals surface area contributed by atoms with Crippen LogP contribution in [0, 0.1) is 5.92 Å². The van der Waals surface area contributed by atoms with Crippen molar-refractivity contribution in [3.05, 3.63) is 23.9 Å². The molecule has 2 fully saturated rings. The minimum Gasteiger partial charge on any atom is -0.382 e. The summed E-state index contributed by atoms with van der Waals surface area (Å²) < 4.78 is 16.4. The summed E-state index contributed by atoms with van der Waals surface area (Å²) in [5, 5.41) is 3.43. The smallest absolute Gasteiger partial charge is 0.194 e. The molecule has 0 aliphatic carbocycles. The molecule has 3 rings (SSSR count). The molecular weight excluding hydrogens is 382 g/mol. The van der Waals surface area contributed by atoms with Crippen molar-refractivity contribution >= 4 is 11.8 Å². The second-order valence-electron chi connectivity index (χ2n) is 7.99. The number of hydrogen-bond acceptors (Lipinski definition) is 6. The molecule has 168 valence electrons. The largest absolute Gasteiger partial charge is 0.382 e. The molecule has 0 bridgehead atoms. The molecule has 8 nitrogen and oxygen atoms in total. The van der Waals surface area contributed by atoms with E-state index in [0.717, 1.165) is 69.7 Å². The fraction of sp³-hybridized carbons (Fsp3) is 0.727. The summed E-state index contributed by atoms with van der Waals surface area (Å²) in [4.78, 5) is 14.1. The molecule has 1 aromatic rings. The molecule has 1 aromatic heterocycles. The highest BCUT2D eigenvalue weighted by molar-refractivity contribution is 5.80. The van der Waals surface area contributed by atoms with Gasteiger partial charge in [-0.05, 0) is 31.9 Å². The number of hydrogen-bond donors (Lipinski definition) is 1. The van der Waals surface area contributed by atoms with E-state index in [1.165, 1.54) is 0 Å². The van der Waals surface area contributed by atoms with Crippen molar-refractivity contribution in [3.8, 4) is 0 Å². The number of aromatic nitrogens is 1. The summed E-state index contributed by atoms with van der Waals surface area (Å²) >= 11 is 0. The van der Waals surface area contributed by atoms with E-state index in [9.17, 15) is 0 Å². The summed E-state index contributed by atoms with van der Waals surface area (Å²) in [6.07, 6.45) is 3.33. The minimum absolute atomic E-state index is 0.252. The number of nitrogens with zero attached hydrogens (tertiary/aromatic N) is 4. The highest BCUT2D eigenvalue weighted by Crippen LogP contribution is 2.18. The Kier molecular flexibility index (Phi) is 9.17. The van der Waals surface area contributed by atoms with Crippen molar-refractivity contribution in [1.29, 1.82) is 0 Å². The van der Waals surface area contributed by atoms with Gasteiger partial charge >= 0.3 is 0 Å². The van der Waals surface area contributed by atoms with Gasteiger partial charge in [-0.3, -0.25) is 0 Å². The van der Waals surface area contributed by atoms with E-state index >= 15 is 0 Å². The lowest BCUT2D eigenvalue weighted by atomic mass is 10.1. The molecule has 2 aliphatic heterocycles. The molecule has 8 heteroatoms. The Balaban J connectivity index is 1.52. The molecule has 3 heterocycles. The molecule has 1 N–H and O–H groups in total. The molecule has 0 amide bonds. The Hall–Kier alpha value is -1.90. The van der Waals surface area contributed by atoms with Crippen LogP contribution in [0.3, 0.4) is 0 Å². The van der Waals surface area contributed by atoms with E-state index in [1.54, 1.807) is 7.11 Å². The summed E-state index contributed by atoms with van der Waals surface area (Å²) in [7, 11) is 1.70. The number of nitrogens with one attached hydrogen (secondary N) is 1. The van der Waals surface area contributed by atoms with Crippen LogP contribution < -0.4 is 10.2 Å². The highest BCUT2D eigenvalue weighted by Gasteiger charge is 2.25. The van der Waals surface area contributed by atoms with Crippen LogP contribution in [-0.4, -0.2) is 88.2 Å². The number of guanidine groups is 1. The Morgan fingerprint density at radius 3 is 2.93 bits per heavy atom. The van der Waals surface area contributed by atoms with Crippen LogP contribution >= 0.6 is 0 Å². The molecule has 2 saturated heterocycles. The van der Waals surface area contributed by atoms with Gasteiger partial charge in [0.2, 0.25) is 0 Å². The molecule has 2 aliphatic rings. The van der Waals surface area contributed by atoms with E-state index < -0.39 is 0 Å². The predicted octanol–water partition coefficient (Wildman–Crippen LogP) is 1.76. The third kappa shape index (κ3) is 6.82. The van der Waals surface area contributed by atoms with Gasteiger partial charge in [-0.15, -0.1) is 0 Å². The Morgan fingerprint density at radius 1 is 1.30 bits per heavy atom. The van der Waals surface area contributed by atoms with Crippen molar-refractivity contribution in [2.45, 2.75) is 32.9 Å². The topological polar surface area (TPSA) is 71.5 Å². The van der Waals surface area contributed by atoms with Crippen molar-refractivity contribution in [1.82, 2.24) is 15.2 Å². The van der Waals surface area contributed by atoms with Gasteiger partial charge in [0.1, 0.15) is 5.82 Å². The number of aliphatic imine (C=N–C) groups is 1. The number of methoxy groups -OCH3 is 1. The molecule has 0 saturated carbocycles. The maximum atomic E-state index is 5.71. The minimum atomic E-state index is 0.252. The van der Waals surface area contributed by atoms with Crippen LogP contribution in [0.15, 0.2) is 23.3 Å². The Morgan fingerprint density at radius 2 is 2.20 bits per heavy atom. The lowest BCUT2D eigenvalue weighted by molar-refractivity contribution is 0.0529. The first-order chi connectivity index (χ1) is 14.7. The SMILES string of the molecule is CCNC(=NCc1ccc(N2CCOC(C)C2)nc1)N1CCC(COCCOC)C1. The van der Waals surface area contributed by atoms with E-state index in [0.29, 0.717) is 25.7 Å². The number of likely N-dealkylation sites (tertiary alicyclic amines) is 1. The summed E-state index contributed by atoms with van der Waals surface area (Å²) in [6.45, 7) is 12.3. The van der Waals surface area contributed by atoms with Crippen LogP contribution in [0.4, 0.5) is 5.82 Å². The zero-order valence-electron chi connectivity index (χ0n) is 18.7. The van der Waals surface area contributed by atoms with Crippen molar-refractivity contribution in [2.75, 3.05) is 71.2 Å². The predicted molar refractivity (Wildman–Crippen MR) is 119 cm³/mol. The molecular formula is C22H37N5O3. The van der Waals surface area contributed by atoms with E-state index in [2.05, 4.69) is 46.1 Å². The number of anilines is 1. The van der Waals surface area contributed by atoms with Gasteiger partial charge in [0.25, 0.3) is 0 Å². The highest BCUT2D eigenvalue weighted by atomic mass is 16.5. The standard InChI is InChI=1S/C22H37N5O3/c1-4-23-22(27-8-7-20(16-27)17-29-12-11-28-3)25-14-19-5-6-21(24-13-19)26-9-10-30-18(2)15-26/h5-6,13,18,20H,4,7-12,14-17H2,1-3H3,(H,23,25). The van der Waals surface area contributed by atoms with Gasteiger partial charge in [-0.25, -0.2) is 9.98 Å². The van der Waals surface area contributed by atoms with Crippen LogP contribution in [0.1, 0.15) is 25.8 Å². The maximum absolute atomic E-state index is 5.71. The molecule has 0 radical (unpaired) electrons. The van der Waals surface area contributed by atoms with Crippen molar-refractivity contribution < 1.29 is 14.2 Å². The van der Waals surface area contributed by atoms with E-state index in [4.69, 9.17) is 19.2 Å². The number of rotatable bonds is 9. The van der Waals surface area contributed by atoms with Gasteiger partial charge in [0, 0.05) is 51.9 Å². The average molecular weight is 420 g/mol. The van der Waals surface area contributed by atoms with E-state index in [-0.39, 0.29) is 6.10 Å². The second-order valence-corrected chi connectivity index (χ2v) is 7.99. The zero-order valence-corrected chi connectivity index (χ0v) is 18.7. The third-order valence-electron chi connectivity index (χ3n) is 5.49. The van der Waals surface area contributed by atoms with Crippen LogP contribution in [-0.2, 0) is 20.8 Å². The molecule has 2 unspecified atom stereocenters. The lowest BCUT2D eigenvalue weighted by Gasteiger charge is -2.32. The third-order valence-corrected chi connectivity index (χ3v) is 5.49. The average Bonchev–Trinajstić information content (AvgIpc) is 3.23. The van der Waals surface area contributed by atoms with Crippen molar-refractivity contribution in [3.63, 3.8) is 0 Å².